The first kappa shape index (κ1) is 22.2. The SMILES string of the molecule is CCC(C)C(NC(=O)C(CS)NC(=O)CN)C(=O)NC(C)C(=O)O. The molecule has 4 unspecified atom stereocenters. The van der Waals surface area contributed by atoms with Gasteiger partial charge < -0.3 is 26.8 Å². The lowest BCUT2D eigenvalue weighted by Gasteiger charge is -2.26. The van der Waals surface area contributed by atoms with Gasteiger partial charge in [0, 0.05) is 5.75 Å². The number of nitrogens with one attached hydrogen (secondary N) is 3. The minimum atomic E-state index is -1.18. The molecular formula is C14H26N4O5S. The van der Waals surface area contributed by atoms with E-state index in [0.29, 0.717) is 6.42 Å². The van der Waals surface area contributed by atoms with Crippen molar-refractivity contribution in [3.63, 3.8) is 0 Å². The van der Waals surface area contributed by atoms with E-state index in [-0.39, 0.29) is 18.2 Å². The van der Waals surface area contributed by atoms with Crippen molar-refractivity contribution >= 4 is 36.3 Å². The standard InChI is InChI=1S/C14H26N4O5S/c1-4-7(2)11(13(21)16-8(3)14(22)23)18-12(20)9(6-24)17-10(19)5-15/h7-9,11,24H,4-6,15H2,1-3H3,(H,16,21)(H,17,19)(H,18,20)(H,22,23). The summed E-state index contributed by atoms with van der Waals surface area (Å²) in [6.45, 7) is 4.64. The van der Waals surface area contributed by atoms with Crippen LogP contribution in [0.15, 0.2) is 0 Å². The van der Waals surface area contributed by atoms with Crippen LogP contribution in [0.2, 0.25) is 0 Å². The number of aliphatic carboxylic acids is 1. The van der Waals surface area contributed by atoms with Crippen molar-refractivity contribution in [1.29, 1.82) is 0 Å². The summed E-state index contributed by atoms with van der Waals surface area (Å²) in [5, 5.41) is 16.1. The Morgan fingerprint density at radius 3 is 2.08 bits per heavy atom. The van der Waals surface area contributed by atoms with Crippen molar-refractivity contribution in [3.05, 3.63) is 0 Å². The lowest BCUT2D eigenvalue weighted by Crippen LogP contribution is -2.58. The van der Waals surface area contributed by atoms with Gasteiger partial charge in [-0.3, -0.25) is 19.2 Å². The molecule has 9 nitrogen and oxygen atoms in total. The third-order valence-electron chi connectivity index (χ3n) is 3.54. The van der Waals surface area contributed by atoms with Crippen molar-refractivity contribution in [2.45, 2.75) is 45.3 Å². The average Bonchev–Trinajstić information content (AvgIpc) is 2.55. The number of carbonyl (C=O) groups excluding carboxylic acids is 3. The van der Waals surface area contributed by atoms with Gasteiger partial charge in [-0.25, -0.2) is 0 Å². The van der Waals surface area contributed by atoms with E-state index >= 15 is 0 Å². The average molecular weight is 362 g/mol. The maximum atomic E-state index is 12.3. The first-order chi connectivity index (χ1) is 11.2. The van der Waals surface area contributed by atoms with Crippen molar-refractivity contribution in [1.82, 2.24) is 16.0 Å². The second-order valence-electron chi connectivity index (χ2n) is 5.45. The Kier molecular flexibility index (Phi) is 10.0. The zero-order valence-electron chi connectivity index (χ0n) is 14.0. The zero-order chi connectivity index (χ0) is 18.9. The Bertz CT molecular complexity index is 474. The fourth-order valence-corrected chi connectivity index (χ4v) is 2.03. The van der Waals surface area contributed by atoms with Crippen LogP contribution in [0.5, 0.6) is 0 Å². The summed E-state index contributed by atoms with van der Waals surface area (Å²) in [4.78, 5) is 46.7. The molecule has 0 heterocycles. The van der Waals surface area contributed by atoms with E-state index in [9.17, 15) is 19.2 Å². The predicted molar refractivity (Wildman–Crippen MR) is 91.5 cm³/mol. The lowest BCUT2D eigenvalue weighted by atomic mass is 9.97. The Labute approximate surface area is 146 Å². The molecule has 0 fully saturated rings. The van der Waals surface area contributed by atoms with Crippen LogP contribution in [-0.4, -0.2) is 59.2 Å². The van der Waals surface area contributed by atoms with Crippen molar-refractivity contribution in [3.8, 4) is 0 Å². The molecule has 4 atom stereocenters. The molecule has 0 aliphatic carbocycles. The Morgan fingerprint density at radius 2 is 1.67 bits per heavy atom. The van der Waals surface area contributed by atoms with Crippen LogP contribution in [-0.2, 0) is 19.2 Å². The number of carbonyl (C=O) groups is 4. The fourth-order valence-electron chi connectivity index (χ4n) is 1.77. The summed E-state index contributed by atoms with van der Waals surface area (Å²) in [6, 6.07) is -2.96. The molecule has 0 rings (SSSR count). The van der Waals surface area contributed by atoms with Crippen molar-refractivity contribution in [2.24, 2.45) is 11.7 Å². The second kappa shape index (κ2) is 10.9. The van der Waals surface area contributed by atoms with Gasteiger partial charge in [-0.2, -0.15) is 12.6 Å². The van der Waals surface area contributed by atoms with E-state index < -0.39 is 41.8 Å². The van der Waals surface area contributed by atoms with Gasteiger partial charge in [0.25, 0.3) is 0 Å². The largest absolute Gasteiger partial charge is 0.480 e. The molecule has 0 aromatic heterocycles. The minimum absolute atomic E-state index is 0.0257. The van der Waals surface area contributed by atoms with Gasteiger partial charge in [-0.05, 0) is 12.8 Å². The Morgan fingerprint density at radius 1 is 1.08 bits per heavy atom. The first-order valence-electron chi connectivity index (χ1n) is 7.61. The number of rotatable bonds is 10. The minimum Gasteiger partial charge on any atom is -0.480 e. The fraction of sp³-hybridized carbons (Fsp3) is 0.714. The second-order valence-corrected chi connectivity index (χ2v) is 5.81. The number of nitrogens with two attached hydrogens (primary N) is 1. The molecular weight excluding hydrogens is 336 g/mol. The highest BCUT2D eigenvalue weighted by Crippen LogP contribution is 2.09. The van der Waals surface area contributed by atoms with Gasteiger partial charge in [-0.1, -0.05) is 20.3 Å². The molecule has 138 valence electrons. The molecule has 24 heavy (non-hydrogen) atoms. The van der Waals surface area contributed by atoms with Crippen molar-refractivity contribution < 1.29 is 24.3 Å². The quantitative estimate of drug-likeness (QED) is 0.260. The predicted octanol–water partition coefficient (Wildman–Crippen LogP) is -1.52. The van der Waals surface area contributed by atoms with Crippen LogP contribution in [0.4, 0.5) is 0 Å². The van der Waals surface area contributed by atoms with Gasteiger partial charge in [0.1, 0.15) is 18.1 Å². The number of hydrogen-bond acceptors (Lipinski definition) is 6. The van der Waals surface area contributed by atoms with Crippen LogP contribution in [0.3, 0.4) is 0 Å². The van der Waals surface area contributed by atoms with Crippen LogP contribution in [0.1, 0.15) is 27.2 Å². The van der Waals surface area contributed by atoms with E-state index in [1.165, 1.54) is 6.92 Å². The van der Waals surface area contributed by atoms with E-state index in [4.69, 9.17) is 10.8 Å². The molecule has 6 N–H and O–H groups in total. The van der Waals surface area contributed by atoms with Crippen LogP contribution < -0.4 is 21.7 Å². The maximum absolute atomic E-state index is 12.3. The van der Waals surface area contributed by atoms with Gasteiger partial charge in [0.15, 0.2) is 0 Å². The monoisotopic (exact) mass is 362 g/mol. The summed E-state index contributed by atoms with van der Waals surface area (Å²) in [5.74, 6) is -3.10. The van der Waals surface area contributed by atoms with Crippen LogP contribution >= 0.6 is 12.6 Å². The lowest BCUT2D eigenvalue weighted by molar-refractivity contribution is -0.142. The molecule has 0 bridgehead atoms. The molecule has 0 spiro atoms. The van der Waals surface area contributed by atoms with Gasteiger partial charge in [0.2, 0.25) is 17.7 Å². The molecule has 0 aromatic carbocycles. The maximum Gasteiger partial charge on any atom is 0.325 e. The normalized spacial score (nSPS) is 15.5. The van der Waals surface area contributed by atoms with E-state index in [2.05, 4.69) is 28.6 Å². The molecule has 0 saturated carbocycles. The molecule has 0 aliphatic heterocycles. The molecule has 0 radical (unpaired) electrons. The van der Waals surface area contributed by atoms with E-state index in [1.807, 2.05) is 6.92 Å². The number of thiol groups is 1. The number of carboxylic acids is 1. The molecule has 0 aromatic rings. The highest BCUT2D eigenvalue weighted by molar-refractivity contribution is 7.80. The van der Waals surface area contributed by atoms with Gasteiger partial charge in [-0.15, -0.1) is 0 Å². The summed E-state index contributed by atoms with van der Waals surface area (Å²) in [5.41, 5.74) is 5.19. The Hall–Kier alpha value is -1.81. The first-order valence-corrected chi connectivity index (χ1v) is 8.24. The van der Waals surface area contributed by atoms with Crippen molar-refractivity contribution in [2.75, 3.05) is 12.3 Å². The number of amides is 3. The summed E-state index contributed by atoms with van der Waals surface area (Å²) >= 11 is 4.01. The van der Waals surface area contributed by atoms with Gasteiger partial charge in [0.05, 0.1) is 6.54 Å². The van der Waals surface area contributed by atoms with E-state index in [0.717, 1.165) is 0 Å². The smallest absolute Gasteiger partial charge is 0.325 e. The highest BCUT2D eigenvalue weighted by atomic mass is 32.1. The van der Waals surface area contributed by atoms with E-state index in [1.54, 1.807) is 6.92 Å². The van der Waals surface area contributed by atoms with Crippen LogP contribution in [0, 0.1) is 5.92 Å². The molecule has 0 saturated heterocycles. The molecule has 10 heteroatoms. The summed E-state index contributed by atoms with van der Waals surface area (Å²) in [6.07, 6.45) is 0.584. The Balaban J connectivity index is 5.06. The zero-order valence-corrected chi connectivity index (χ0v) is 14.9. The number of carboxylic acid groups (broad SMARTS) is 1. The third kappa shape index (κ3) is 7.18. The third-order valence-corrected chi connectivity index (χ3v) is 3.91. The highest BCUT2D eigenvalue weighted by Gasteiger charge is 2.30. The topological polar surface area (TPSA) is 151 Å². The number of hydrogen-bond donors (Lipinski definition) is 6. The van der Waals surface area contributed by atoms with Crippen LogP contribution in [0.25, 0.3) is 0 Å². The van der Waals surface area contributed by atoms with Gasteiger partial charge >= 0.3 is 5.97 Å². The summed E-state index contributed by atoms with van der Waals surface area (Å²) < 4.78 is 0. The summed E-state index contributed by atoms with van der Waals surface area (Å²) in [7, 11) is 0. The molecule has 0 aliphatic rings. The molecule has 3 amide bonds.